The molecule has 2 fully saturated rings. The number of aliphatic hydroxyl groups excluding tert-OH is 1. The fourth-order valence-corrected chi connectivity index (χ4v) is 5.49. The SMILES string of the molecule is CCCC[C@H](O)[C@@H](CC1CC1)C(=O)C1(N)N=C(c2ccc(C(F)(F)F)cc2)c2ccccc2N(CC2CC2)C1=O. The van der Waals surface area contributed by atoms with Gasteiger partial charge in [0, 0.05) is 23.6 Å². The summed E-state index contributed by atoms with van der Waals surface area (Å²) in [5, 5.41) is 11.1. The quantitative estimate of drug-likeness (QED) is 0.359. The van der Waals surface area contributed by atoms with Crippen molar-refractivity contribution >= 4 is 23.1 Å². The van der Waals surface area contributed by atoms with Crippen molar-refractivity contribution in [2.45, 2.75) is 76.2 Å². The van der Waals surface area contributed by atoms with Crippen LogP contribution in [0.3, 0.4) is 0 Å². The van der Waals surface area contributed by atoms with Crippen LogP contribution in [0.5, 0.6) is 0 Å². The number of alkyl halides is 3. The highest BCUT2D eigenvalue weighted by molar-refractivity contribution is 6.26. The van der Waals surface area contributed by atoms with Crippen LogP contribution in [0.2, 0.25) is 0 Å². The van der Waals surface area contributed by atoms with Crippen LogP contribution in [0.25, 0.3) is 0 Å². The van der Waals surface area contributed by atoms with Crippen molar-refractivity contribution < 1.29 is 27.9 Å². The fourth-order valence-electron chi connectivity index (χ4n) is 5.49. The highest BCUT2D eigenvalue weighted by Gasteiger charge is 2.52. The van der Waals surface area contributed by atoms with E-state index in [0.29, 0.717) is 36.2 Å². The van der Waals surface area contributed by atoms with Gasteiger partial charge in [0.1, 0.15) is 0 Å². The number of amides is 1. The van der Waals surface area contributed by atoms with Crippen LogP contribution in [-0.4, -0.2) is 40.8 Å². The first kappa shape index (κ1) is 28.5. The van der Waals surface area contributed by atoms with Crippen molar-refractivity contribution in [3.8, 4) is 0 Å². The minimum atomic E-state index is -4.52. The summed E-state index contributed by atoms with van der Waals surface area (Å²) in [5.41, 5.74) is 5.16. The Hall–Kier alpha value is -3.04. The van der Waals surface area contributed by atoms with Crippen LogP contribution >= 0.6 is 0 Å². The molecule has 0 radical (unpaired) electrons. The Morgan fingerprint density at radius 2 is 1.75 bits per heavy atom. The number of aliphatic hydroxyl groups is 1. The van der Waals surface area contributed by atoms with E-state index >= 15 is 0 Å². The number of benzene rings is 2. The first-order chi connectivity index (χ1) is 19.0. The maximum Gasteiger partial charge on any atom is 0.416 e. The minimum absolute atomic E-state index is 0.181. The third-order valence-electron chi connectivity index (χ3n) is 8.25. The van der Waals surface area contributed by atoms with Gasteiger partial charge in [-0.15, -0.1) is 0 Å². The number of unbranched alkanes of at least 4 members (excludes halogenated alkanes) is 1. The van der Waals surface area contributed by atoms with Gasteiger partial charge in [-0.1, -0.05) is 62.9 Å². The van der Waals surface area contributed by atoms with Crippen LogP contribution in [-0.2, 0) is 15.8 Å². The van der Waals surface area contributed by atoms with Crippen LogP contribution in [0.15, 0.2) is 53.5 Å². The van der Waals surface area contributed by atoms with Gasteiger partial charge in [-0.05, 0) is 55.7 Å². The molecule has 1 amide bonds. The Kier molecular flexibility index (Phi) is 7.90. The average Bonchev–Trinajstić information content (AvgIpc) is 3.86. The van der Waals surface area contributed by atoms with Crippen LogP contribution in [0, 0.1) is 17.8 Å². The molecule has 1 unspecified atom stereocenters. The van der Waals surface area contributed by atoms with Crippen molar-refractivity contribution in [3.05, 3.63) is 65.2 Å². The normalized spacial score (nSPS) is 22.8. The van der Waals surface area contributed by atoms with Gasteiger partial charge in [0.15, 0.2) is 5.78 Å². The predicted octanol–water partition coefficient (Wildman–Crippen LogP) is 5.49. The molecule has 1 heterocycles. The number of anilines is 1. The summed E-state index contributed by atoms with van der Waals surface area (Å²) in [5.74, 6) is -1.61. The van der Waals surface area contributed by atoms with Crippen molar-refractivity contribution in [1.29, 1.82) is 0 Å². The van der Waals surface area contributed by atoms with E-state index in [4.69, 9.17) is 5.73 Å². The summed E-state index contributed by atoms with van der Waals surface area (Å²) in [7, 11) is 0. The van der Waals surface area contributed by atoms with Gasteiger partial charge >= 0.3 is 6.18 Å². The van der Waals surface area contributed by atoms with E-state index in [-0.39, 0.29) is 17.5 Å². The lowest BCUT2D eigenvalue weighted by atomic mass is 9.82. The zero-order valence-electron chi connectivity index (χ0n) is 22.7. The molecule has 40 heavy (non-hydrogen) atoms. The van der Waals surface area contributed by atoms with E-state index in [0.717, 1.165) is 50.7 Å². The maximum absolute atomic E-state index is 14.3. The van der Waals surface area contributed by atoms with E-state index < -0.39 is 41.1 Å². The second-order valence-corrected chi connectivity index (χ2v) is 11.5. The topological polar surface area (TPSA) is 96.0 Å². The van der Waals surface area contributed by atoms with Crippen molar-refractivity contribution in [3.63, 3.8) is 0 Å². The smallest absolute Gasteiger partial charge is 0.392 e. The van der Waals surface area contributed by atoms with Gasteiger partial charge in [-0.25, -0.2) is 4.99 Å². The van der Waals surface area contributed by atoms with Crippen LogP contribution < -0.4 is 10.6 Å². The Bertz CT molecular complexity index is 1280. The lowest BCUT2D eigenvalue weighted by Gasteiger charge is -2.33. The second-order valence-electron chi connectivity index (χ2n) is 11.5. The Morgan fingerprint density at radius 1 is 1.10 bits per heavy atom. The number of nitrogens with two attached hydrogens (primary N) is 1. The van der Waals surface area contributed by atoms with Gasteiger partial charge in [0.25, 0.3) is 5.91 Å². The number of benzodiazepines with no additional fused rings is 1. The highest BCUT2D eigenvalue weighted by Crippen LogP contribution is 2.41. The summed E-state index contributed by atoms with van der Waals surface area (Å²) >= 11 is 0. The van der Waals surface area contributed by atoms with Gasteiger partial charge in [-0.2, -0.15) is 13.2 Å². The molecule has 2 saturated carbocycles. The molecule has 0 spiro atoms. The Morgan fingerprint density at radius 3 is 2.35 bits per heavy atom. The molecular formula is C31H36F3N3O3. The lowest BCUT2D eigenvalue weighted by Crippen LogP contribution is -2.62. The van der Waals surface area contributed by atoms with Crippen LogP contribution in [0.1, 0.15) is 75.0 Å². The van der Waals surface area contributed by atoms with Gasteiger partial charge < -0.3 is 10.0 Å². The largest absolute Gasteiger partial charge is 0.416 e. The third kappa shape index (κ3) is 5.86. The molecular weight excluding hydrogens is 519 g/mol. The molecule has 2 aromatic rings. The molecule has 2 aliphatic carbocycles. The molecule has 3 aliphatic rings. The number of hydrogen-bond acceptors (Lipinski definition) is 5. The Balaban J connectivity index is 1.64. The van der Waals surface area contributed by atoms with E-state index in [1.54, 1.807) is 24.3 Å². The summed E-state index contributed by atoms with van der Waals surface area (Å²) < 4.78 is 40.0. The number of aliphatic imine (C=N–C) groups is 1. The molecule has 3 N–H and O–H groups in total. The average molecular weight is 556 g/mol. The van der Waals surface area contributed by atoms with E-state index in [2.05, 4.69) is 4.99 Å². The van der Waals surface area contributed by atoms with Crippen LogP contribution in [0.4, 0.5) is 18.9 Å². The Labute approximate surface area is 232 Å². The number of carbonyl (C=O) groups is 2. The lowest BCUT2D eigenvalue weighted by molar-refractivity contribution is -0.140. The summed E-state index contributed by atoms with van der Waals surface area (Å²) in [4.78, 5) is 34.8. The number of para-hydroxylation sites is 1. The van der Waals surface area contributed by atoms with Crippen molar-refractivity contribution in [2.24, 2.45) is 28.5 Å². The highest BCUT2D eigenvalue weighted by atomic mass is 19.4. The molecule has 9 heteroatoms. The number of halogens is 3. The van der Waals surface area contributed by atoms with Crippen molar-refractivity contribution in [1.82, 2.24) is 0 Å². The number of ketones is 1. The second kappa shape index (κ2) is 11.1. The zero-order chi connectivity index (χ0) is 28.7. The molecule has 1 aliphatic heterocycles. The molecule has 214 valence electrons. The number of fused-ring (bicyclic) bond motifs is 1. The van der Waals surface area contributed by atoms with E-state index in [9.17, 15) is 27.9 Å². The number of nitrogens with zero attached hydrogens (tertiary/aromatic N) is 2. The molecule has 0 saturated heterocycles. The number of rotatable bonds is 11. The molecule has 2 aromatic carbocycles. The first-order valence-electron chi connectivity index (χ1n) is 14.2. The van der Waals surface area contributed by atoms with Crippen molar-refractivity contribution in [2.75, 3.05) is 11.4 Å². The zero-order valence-corrected chi connectivity index (χ0v) is 22.7. The predicted molar refractivity (Wildman–Crippen MR) is 147 cm³/mol. The summed E-state index contributed by atoms with van der Waals surface area (Å²) in [6.07, 6.45) is 0.723. The van der Waals surface area contributed by atoms with Gasteiger partial charge in [0.05, 0.1) is 23.1 Å². The summed E-state index contributed by atoms with van der Waals surface area (Å²) in [6, 6.07) is 11.5. The molecule has 6 nitrogen and oxygen atoms in total. The van der Waals surface area contributed by atoms with Gasteiger partial charge in [0.2, 0.25) is 5.66 Å². The summed E-state index contributed by atoms with van der Waals surface area (Å²) in [6.45, 7) is 2.36. The number of carbonyl (C=O) groups excluding carboxylic acids is 2. The first-order valence-corrected chi connectivity index (χ1v) is 14.2. The maximum atomic E-state index is 14.3. The molecule has 5 rings (SSSR count). The molecule has 0 aromatic heterocycles. The monoisotopic (exact) mass is 555 g/mol. The number of hydrogen-bond donors (Lipinski definition) is 2. The molecule has 3 atom stereocenters. The standard InChI is InChI=1S/C31H36F3N3O3/c1-2-3-8-26(38)24(17-19-9-10-19)28(39)30(35)29(40)37(18-20-11-12-20)25-7-5-4-6-23(25)27(36-30)21-13-15-22(16-14-21)31(32,33)34/h4-7,13-16,19-20,24,26,38H,2-3,8-12,17-18,35H2,1H3/t24-,26+,30?/m1/s1. The molecule has 0 bridgehead atoms. The van der Waals surface area contributed by atoms with Gasteiger partial charge in [-0.3, -0.25) is 15.3 Å². The van der Waals surface area contributed by atoms with E-state index in [1.807, 2.05) is 6.92 Å². The number of Topliss-reactive ketones (excluding diaryl/α,β-unsaturated/α-hetero) is 1. The third-order valence-corrected chi connectivity index (χ3v) is 8.25. The fraction of sp³-hybridized carbons (Fsp3) is 0.516. The minimum Gasteiger partial charge on any atom is -0.392 e. The van der Waals surface area contributed by atoms with E-state index in [1.165, 1.54) is 17.0 Å².